The first kappa shape index (κ1) is 13.6. The van der Waals surface area contributed by atoms with Crippen molar-refractivity contribution in [1.82, 2.24) is 9.97 Å². The fourth-order valence-corrected chi connectivity index (χ4v) is 2.31. The van der Waals surface area contributed by atoms with E-state index in [9.17, 15) is 0 Å². The van der Waals surface area contributed by atoms with Gasteiger partial charge in [0.05, 0.1) is 12.6 Å². The number of benzene rings is 1. The Morgan fingerprint density at radius 1 is 1.10 bits per heavy atom. The summed E-state index contributed by atoms with van der Waals surface area (Å²) in [6, 6.07) is 11.5. The molecule has 21 heavy (non-hydrogen) atoms. The lowest BCUT2D eigenvalue weighted by atomic mass is 10.2. The summed E-state index contributed by atoms with van der Waals surface area (Å²) in [5.41, 5.74) is 2.99. The molecule has 2 heterocycles. The third kappa shape index (κ3) is 3.06. The second-order valence-electron chi connectivity index (χ2n) is 4.58. The van der Waals surface area contributed by atoms with Gasteiger partial charge in [-0.25, -0.2) is 4.98 Å². The lowest BCUT2D eigenvalue weighted by Gasteiger charge is -2.10. The first-order valence-electron chi connectivity index (χ1n) is 6.53. The molecule has 0 bridgehead atoms. The van der Waals surface area contributed by atoms with Crippen LogP contribution in [-0.2, 0) is 6.54 Å². The lowest BCUT2D eigenvalue weighted by molar-refractivity contribution is 0.397. The summed E-state index contributed by atoms with van der Waals surface area (Å²) in [7, 11) is 1.61. The van der Waals surface area contributed by atoms with Crippen molar-refractivity contribution in [2.24, 2.45) is 0 Å². The SMILES string of the molecule is COc1cc(CNc2ccnc3cc(Cl)ccc23)ccn1. The minimum Gasteiger partial charge on any atom is -0.481 e. The summed E-state index contributed by atoms with van der Waals surface area (Å²) in [6.07, 6.45) is 3.51. The van der Waals surface area contributed by atoms with Crippen LogP contribution in [0.15, 0.2) is 48.8 Å². The number of hydrogen-bond acceptors (Lipinski definition) is 4. The molecule has 3 aromatic rings. The largest absolute Gasteiger partial charge is 0.481 e. The van der Waals surface area contributed by atoms with E-state index >= 15 is 0 Å². The van der Waals surface area contributed by atoms with Gasteiger partial charge in [-0.05, 0) is 35.9 Å². The molecule has 0 spiro atoms. The highest BCUT2D eigenvalue weighted by atomic mass is 35.5. The van der Waals surface area contributed by atoms with Crippen LogP contribution in [0, 0.1) is 0 Å². The van der Waals surface area contributed by atoms with Gasteiger partial charge in [-0.2, -0.15) is 0 Å². The third-order valence-electron chi connectivity index (χ3n) is 3.20. The first-order chi connectivity index (χ1) is 10.3. The normalized spacial score (nSPS) is 10.6. The van der Waals surface area contributed by atoms with Gasteiger partial charge < -0.3 is 10.1 Å². The Bertz CT molecular complexity index is 776. The molecule has 0 amide bonds. The Morgan fingerprint density at radius 3 is 2.81 bits per heavy atom. The van der Waals surface area contributed by atoms with E-state index < -0.39 is 0 Å². The lowest BCUT2D eigenvalue weighted by Crippen LogP contribution is -2.01. The highest BCUT2D eigenvalue weighted by Crippen LogP contribution is 2.24. The zero-order valence-corrected chi connectivity index (χ0v) is 12.3. The quantitative estimate of drug-likeness (QED) is 0.793. The minimum atomic E-state index is 0.612. The van der Waals surface area contributed by atoms with Crippen molar-refractivity contribution in [3.8, 4) is 5.88 Å². The number of aromatic nitrogens is 2. The van der Waals surface area contributed by atoms with Gasteiger partial charge in [0.25, 0.3) is 0 Å². The van der Waals surface area contributed by atoms with Crippen LogP contribution in [0.3, 0.4) is 0 Å². The number of pyridine rings is 2. The average Bonchev–Trinajstić information content (AvgIpc) is 2.52. The van der Waals surface area contributed by atoms with E-state index in [0.717, 1.165) is 22.2 Å². The van der Waals surface area contributed by atoms with Crippen LogP contribution in [0.2, 0.25) is 5.02 Å². The van der Waals surface area contributed by atoms with E-state index in [1.54, 1.807) is 19.5 Å². The summed E-state index contributed by atoms with van der Waals surface area (Å²) in [6.45, 7) is 0.681. The molecule has 5 heteroatoms. The Hall–Kier alpha value is -2.33. The van der Waals surface area contributed by atoms with E-state index in [2.05, 4.69) is 15.3 Å². The number of anilines is 1. The molecular weight excluding hydrogens is 286 g/mol. The third-order valence-corrected chi connectivity index (χ3v) is 3.43. The number of halogens is 1. The zero-order chi connectivity index (χ0) is 14.7. The Balaban J connectivity index is 1.84. The molecule has 0 fully saturated rings. The van der Waals surface area contributed by atoms with Crippen molar-refractivity contribution in [2.45, 2.75) is 6.54 Å². The molecule has 0 unspecified atom stereocenters. The molecule has 1 N–H and O–H groups in total. The van der Waals surface area contributed by atoms with Gasteiger partial charge >= 0.3 is 0 Å². The van der Waals surface area contributed by atoms with Crippen molar-refractivity contribution in [3.05, 3.63) is 59.4 Å². The van der Waals surface area contributed by atoms with Gasteiger partial charge in [0.1, 0.15) is 0 Å². The molecule has 0 radical (unpaired) electrons. The number of rotatable bonds is 4. The molecule has 4 nitrogen and oxygen atoms in total. The molecule has 0 saturated heterocycles. The van der Waals surface area contributed by atoms with E-state index in [1.807, 2.05) is 36.4 Å². The smallest absolute Gasteiger partial charge is 0.213 e. The van der Waals surface area contributed by atoms with E-state index in [4.69, 9.17) is 16.3 Å². The van der Waals surface area contributed by atoms with Crippen molar-refractivity contribution in [3.63, 3.8) is 0 Å². The maximum Gasteiger partial charge on any atom is 0.213 e. The number of nitrogens with one attached hydrogen (secondary N) is 1. The summed E-state index contributed by atoms with van der Waals surface area (Å²) >= 11 is 6.00. The van der Waals surface area contributed by atoms with E-state index in [1.165, 1.54) is 0 Å². The second kappa shape index (κ2) is 5.97. The number of nitrogens with zero attached hydrogens (tertiary/aromatic N) is 2. The monoisotopic (exact) mass is 299 g/mol. The van der Waals surface area contributed by atoms with Gasteiger partial charge in [0, 0.05) is 41.1 Å². The van der Waals surface area contributed by atoms with Gasteiger partial charge in [-0.1, -0.05) is 11.6 Å². The Kier molecular flexibility index (Phi) is 3.88. The first-order valence-corrected chi connectivity index (χ1v) is 6.91. The molecule has 1 aromatic carbocycles. The topological polar surface area (TPSA) is 47.0 Å². The van der Waals surface area contributed by atoms with Crippen LogP contribution >= 0.6 is 11.6 Å². The van der Waals surface area contributed by atoms with Gasteiger partial charge in [0.15, 0.2) is 0 Å². The predicted molar refractivity (Wildman–Crippen MR) is 84.9 cm³/mol. The maximum absolute atomic E-state index is 6.00. The molecule has 0 aliphatic carbocycles. The van der Waals surface area contributed by atoms with Crippen molar-refractivity contribution >= 4 is 28.2 Å². The van der Waals surface area contributed by atoms with Crippen LogP contribution < -0.4 is 10.1 Å². The van der Waals surface area contributed by atoms with Crippen molar-refractivity contribution in [2.75, 3.05) is 12.4 Å². The standard InChI is InChI=1S/C16H14ClN3O/c1-21-16-8-11(4-6-19-16)10-20-14-5-7-18-15-9-12(17)2-3-13(14)15/h2-9H,10H2,1H3,(H,18,20). The molecule has 3 rings (SSSR count). The van der Waals surface area contributed by atoms with Crippen LogP contribution in [0.4, 0.5) is 5.69 Å². The number of ether oxygens (including phenoxy) is 1. The molecule has 0 saturated carbocycles. The number of fused-ring (bicyclic) bond motifs is 1. The maximum atomic E-state index is 6.00. The summed E-state index contributed by atoms with van der Waals surface area (Å²) in [5.74, 6) is 0.612. The predicted octanol–water partition coefficient (Wildman–Crippen LogP) is 3.90. The highest BCUT2D eigenvalue weighted by molar-refractivity contribution is 6.31. The minimum absolute atomic E-state index is 0.612. The molecule has 106 valence electrons. The van der Waals surface area contributed by atoms with Crippen molar-refractivity contribution < 1.29 is 4.74 Å². The molecular formula is C16H14ClN3O. The molecule has 2 aromatic heterocycles. The van der Waals surface area contributed by atoms with Crippen LogP contribution in [0.1, 0.15) is 5.56 Å². The summed E-state index contributed by atoms with van der Waals surface area (Å²) < 4.78 is 5.13. The van der Waals surface area contributed by atoms with Crippen LogP contribution in [0.5, 0.6) is 5.88 Å². The zero-order valence-electron chi connectivity index (χ0n) is 11.5. The van der Waals surface area contributed by atoms with E-state index in [-0.39, 0.29) is 0 Å². The fourth-order valence-electron chi connectivity index (χ4n) is 2.14. The molecule has 0 aliphatic heterocycles. The van der Waals surface area contributed by atoms with Crippen LogP contribution in [-0.4, -0.2) is 17.1 Å². The Labute approximate surface area is 127 Å². The van der Waals surface area contributed by atoms with Crippen molar-refractivity contribution in [1.29, 1.82) is 0 Å². The average molecular weight is 300 g/mol. The molecule has 0 atom stereocenters. The molecule has 0 aliphatic rings. The fraction of sp³-hybridized carbons (Fsp3) is 0.125. The highest BCUT2D eigenvalue weighted by Gasteiger charge is 2.03. The number of methoxy groups -OCH3 is 1. The Morgan fingerprint density at radius 2 is 1.95 bits per heavy atom. The van der Waals surface area contributed by atoms with Crippen LogP contribution in [0.25, 0.3) is 10.9 Å². The van der Waals surface area contributed by atoms with Gasteiger partial charge in [0.2, 0.25) is 5.88 Å². The summed E-state index contributed by atoms with van der Waals surface area (Å²) in [5, 5.41) is 5.14. The van der Waals surface area contributed by atoms with Gasteiger partial charge in [-0.15, -0.1) is 0 Å². The second-order valence-corrected chi connectivity index (χ2v) is 5.02. The number of hydrogen-bond donors (Lipinski definition) is 1. The van der Waals surface area contributed by atoms with E-state index in [0.29, 0.717) is 17.4 Å². The van der Waals surface area contributed by atoms with Gasteiger partial charge in [-0.3, -0.25) is 4.98 Å². The summed E-state index contributed by atoms with van der Waals surface area (Å²) in [4.78, 5) is 8.43.